The molecule has 1 aromatic carbocycles. The van der Waals surface area contributed by atoms with E-state index < -0.39 is 0 Å². The van der Waals surface area contributed by atoms with Gasteiger partial charge in [-0.15, -0.1) is 0 Å². The first kappa shape index (κ1) is 15.3. The minimum Gasteiger partial charge on any atom is -0.378 e. The van der Waals surface area contributed by atoms with Crippen LogP contribution in [0.25, 0.3) is 10.9 Å². The van der Waals surface area contributed by atoms with E-state index in [2.05, 4.69) is 16.9 Å². The van der Waals surface area contributed by atoms with Gasteiger partial charge in [-0.25, -0.2) is 0 Å². The van der Waals surface area contributed by atoms with Gasteiger partial charge in [0.1, 0.15) is 0 Å². The summed E-state index contributed by atoms with van der Waals surface area (Å²) in [6.45, 7) is 2.72. The van der Waals surface area contributed by atoms with Crippen molar-refractivity contribution in [2.24, 2.45) is 0 Å². The monoisotopic (exact) mass is 300 g/mol. The standard InChI is InChI=1S/C18H24N2O2/c1-20(10-4-6-15-7-5-11-22-15)13-14-12-18(21)16-8-2-3-9-17(16)19-14/h2-3,8-9,12,15H,4-7,10-11,13H2,1H3,(H,19,21)/t15-/m1/s1. The smallest absolute Gasteiger partial charge is 0.189 e. The largest absolute Gasteiger partial charge is 0.378 e. The average Bonchev–Trinajstić information content (AvgIpc) is 3.00. The molecule has 0 saturated carbocycles. The lowest BCUT2D eigenvalue weighted by Crippen LogP contribution is -2.22. The molecule has 4 nitrogen and oxygen atoms in total. The van der Waals surface area contributed by atoms with E-state index in [1.165, 1.54) is 12.8 Å². The van der Waals surface area contributed by atoms with Crippen LogP contribution in [-0.2, 0) is 11.3 Å². The number of hydrogen-bond donors (Lipinski definition) is 1. The summed E-state index contributed by atoms with van der Waals surface area (Å²) in [5.41, 5.74) is 1.98. The molecule has 1 atom stereocenters. The molecular formula is C18H24N2O2. The Bertz CT molecular complexity index is 674. The number of nitrogens with zero attached hydrogens (tertiary/aromatic N) is 1. The number of rotatable bonds is 6. The fraction of sp³-hybridized carbons (Fsp3) is 0.500. The van der Waals surface area contributed by atoms with Crippen molar-refractivity contribution in [3.8, 4) is 0 Å². The number of H-pyrrole nitrogens is 1. The molecule has 1 fully saturated rings. The van der Waals surface area contributed by atoms with Gasteiger partial charge in [-0.3, -0.25) is 4.79 Å². The number of aromatic nitrogens is 1. The average molecular weight is 300 g/mol. The van der Waals surface area contributed by atoms with Crippen molar-refractivity contribution < 1.29 is 4.74 Å². The zero-order chi connectivity index (χ0) is 15.4. The molecule has 22 heavy (non-hydrogen) atoms. The highest BCUT2D eigenvalue weighted by Gasteiger charge is 2.15. The minimum absolute atomic E-state index is 0.0945. The Morgan fingerprint density at radius 2 is 2.23 bits per heavy atom. The molecule has 1 aliphatic rings. The predicted octanol–water partition coefficient (Wildman–Crippen LogP) is 2.92. The van der Waals surface area contributed by atoms with Crippen molar-refractivity contribution in [2.45, 2.75) is 38.3 Å². The summed E-state index contributed by atoms with van der Waals surface area (Å²) in [6.07, 6.45) is 5.16. The van der Waals surface area contributed by atoms with Crippen molar-refractivity contribution in [2.75, 3.05) is 20.2 Å². The Labute approximate surface area is 131 Å². The maximum atomic E-state index is 12.1. The van der Waals surface area contributed by atoms with Crippen LogP contribution in [0.2, 0.25) is 0 Å². The number of nitrogens with one attached hydrogen (secondary N) is 1. The molecule has 0 amide bonds. The van der Waals surface area contributed by atoms with Gasteiger partial charge in [0.15, 0.2) is 5.43 Å². The molecule has 118 valence electrons. The first-order valence-corrected chi connectivity index (χ1v) is 8.13. The van der Waals surface area contributed by atoms with E-state index in [1.54, 1.807) is 6.07 Å². The van der Waals surface area contributed by atoms with Crippen LogP contribution in [0.4, 0.5) is 0 Å². The SMILES string of the molecule is CN(CCC[C@@H]1CCCO1)Cc1cc(=O)c2ccccc2[nH]1. The molecule has 4 heteroatoms. The fourth-order valence-corrected chi connectivity index (χ4v) is 3.17. The van der Waals surface area contributed by atoms with Crippen molar-refractivity contribution in [1.82, 2.24) is 9.88 Å². The van der Waals surface area contributed by atoms with Gasteiger partial charge >= 0.3 is 0 Å². The van der Waals surface area contributed by atoms with Crippen molar-refractivity contribution in [1.29, 1.82) is 0 Å². The van der Waals surface area contributed by atoms with E-state index >= 15 is 0 Å². The topological polar surface area (TPSA) is 45.3 Å². The van der Waals surface area contributed by atoms with Crippen LogP contribution >= 0.6 is 0 Å². The van der Waals surface area contributed by atoms with Crippen LogP contribution in [0.3, 0.4) is 0 Å². The predicted molar refractivity (Wildman–Crippen MR) is 89.1 cm³/mol. The Kier molecular flexibility index (Phi) is 4.90. The molecule has 2 aromatic rings. The lowest BCUT2D eigenvalue weighted by molar-refractivity contribution is 0.0995. The maximum absolute atomic E-state index is 12.1. The number of ether oxygens (including phenoxy) is 1. The highest BCUT2D eigenvalue weighted by molar-refractivity contribution is 5.78. The molecular weight excluding hydrogens is 276 g/mol. The molecule has 0 bridgehead atoms. The van der Waals surface area contributed by atoms with Crippen LogP contribution in [0.15, 0.2) is 35.1 Å². The van der Waals surface area contributed by atoms with Gasteiger partial charge in [0.05, 0.1) is 6.10 Å². The zero-order valence-corrected chi connectivity index (χ0v) is 13.2. The normalized spacial score (nSPS) is 18.4. The van der Waals surface area contributed by atoms with Crippen LogP contribution in [0, 0.1) is 0 Å². The molecule has 1 aliphatic heterocycles. The lowest BCUT2D eigenvalue weighted by atomic mass is 10.1. The van der Waals surface area contributed by atoms with Crippen molar-refractivity contribution in [3.05, 3.63) is 46.2 Å². The zero-order valence-electron chi connectivity index (χ0n) is 13.2. The van der Waals surface area contributed by atoms with Crippen LogP contribution in [0.5, 0.6) is 0 Å². The third-order valence-electron chi connectivity index (χ3n) is 4.32. The van der Waals surface area contributed by atoms with Gasteiger partial charge in [0.25, 0.3) is 0 Å². The second kappa shape index (κ2) is 7.07. The van der Waals surface area contributed by atoms with Gasteiger partial charge in [-0.2, -0.15) is 0 Å². The summed E-state index contributed by atoms with van der Waals surface area (Å²) in [5.74, 6) is 0. The maximum Gasteiger partial charge on any atom is 0.189 e. The van der Waals surface area contributed by atoms with E-state index in [9.17, 15) is 4.79 Å². The number of benzene rings is 1. The third kappa shape index (κ3) is 3.76. The molecule has 1 N–H and O–H groups in total. The van der Waals surface area contributed by atoms with Gasteiger partial charge in [-0.05, 0) is 51.4 Å². The molecule has 0 radical (unpaired) electrons. The number of fused-ring (bicyclic) bond motifs is 1. The highest BCUT2D eigenvalue weighted by Crippen LogP contribution is 2.17. The fourth-order valence-electron chi connectivity index (χ4n) is 3.17. The molecule has 2 heterocycles. The molecule has 0 unspecified atom stereocenters. The van der Waals surface area contributed by atoms with Crippen molar-refractivity contribution >= 4 is 10.9 Å². The molecule has 0 aliphatic carbocycles. The van der Waals surface area contributed by atoms with Crippen LogP contribution in [0.1, 0.15) is 31.4 Å². The number of para-hydroxylation sites is 1. The second-order valence-corrected chi connectivity index (χ2v) is 6.22. The summed E-state index contributed by atoms with van der Waals surface area (Å²) in [4.78, 5) is 17.7. The van der Waals surface area contributed by atoms with Crippen LogP contribution in [-0.4, -0.2) is 36.2 Å². The first-order chi connectivity index (χ1) is 10.7. The molecule has 0 spiro atoms. The van der Waals surface area contributed by atoms with Gasteiger partial charge in [0, 0.05) is 35.8 Å². The quantitative estimate of drug-likeness (QED) is 0.892. The van der Waals surface area contributed by atoms with E-state index in [0.29, 0.717) is 6.10 Å². The summed E-state index contributed by atoms with van der Waals surface area (Å²) in [7, 11) is 2.10. The first-order valence-electron chi connectivity index (χ1n) is 8.13. The summed E-state index contributed by atoms with van der Waals surface area (Å²) >= 11 is 0. The molecule has 1 saturated heterocycles. The number of hydrogen-bond acceptors (Lipinski definition) is 3. The highest BCUT2D eigenvalue weighted by atomic mass is 16.5. The lowest BCUT2D eigenvalue weighted by Gasteiger charge is -2.18. The summed E-state index contributed by atoms with van der Waals surface area (Å²) in [5, 5.41) is 0.757. The molecule has 1 aromatic heterocycles. The number of aromatic amines is 1. The Morgan fingerprint density at radius 3 is 3.05 bits per heavy atom. The van der Waals surface area contributed by atoms with Gasteiger partial charge < -0.3 is 14.6 Å². The Balaban J connectivity index is 1.56. The van der Waals surface area contributed by atoms with E-state index in [4.69, 9.17) is 4.74 Å². The minimum atomic E-state index is 0.0945. The molecule has 3 rings (SSSR count). The van der Waals surface area contributed by atoms with E-state index in [1.807, 2.05) is 24.3 Å². The third-order valence-corrected chi connectivity index (χ3v) is 4.32. The van der Waals surface area contributed by atoms with Crippen molar-refractivity contribution in [3.63, 3.8) is 0 Å². The van der Waals surface area contributed by atoms with Gasteiger partial charge in [-0.1, -0.05) is 12.1 Å². The Morgan fingerprint density at radius 1 is 1.36 bits per heavy atom. The van der Waals surface area contributed by atoms with Gasteiger partial charge in [0.2, 0.25) is 0 Å². The number of pyridine rings is 1. The second-order valence-electron chi connectivity index (χ2n) is 6.22. The van der Waals surface area contributed by atoms with E-state index in [-0.39, 0.29) is 5.43 Å². The summed E-state index contributed by atoms with van der Waals surface area (Å²) in [6, 6.07) is 9.39. The van der Waals surface area contributed by atoms with E-state index in [0.717, 1.165) is 49.1 Å². The Hall–Kier alpha value is -1.65. The van der Waals surface area contributed by atoms with Crippen LogP contribution < -0.4 is 5.43 Å². The summed E-state index contributed by atoms with van der Waals surface area (Å²) < 4.78 is 5.65.